The molecule has 1 aromatic rings. The molecule has 0 fully saturated rings. The van der Waals surface area contributed by atoms with Crippen molar-refractivity contribution >= 4 is 0 Å². The van der Waals surface area contributed by atoms with Crippen LogP contribution in [0.5, 0.6) is 0 Å². The first-order valence-corrected chi connectivity index (χ1v) is 2.25. The zero-order valence-electron chi connectivity index (χ0n) is 7.38. The molecule has 1 heterocycles. The van der Waals surface area contributed by atoms with Crippen LogP contribution >= 0.6 is 0 Å². The molecule has 0 spiro atoms. The summed E-state index contributed by atoms with van der Waals surface area (Å²) < 4.78 is 44.8. The van der Waals surface area contributed by atoms with Crippen molar-refractivity contribution in [1.29, 1.82) is 0 Å². The van der Waals surface area contributed by atoms with E-state index >= 15 is 0 Å². The standard InChI is InChI=1S/C5H6F2N2/c1-9-3-2-4(8-9)5(6)7/h2-3,5H,1H3/i1D3. The molecule has 0 unspecified atom stereocenters. The summed E-state index contributed by atoms with van der Waals surface area (Å²) in [5.74, 6) is 0. The Morgan fingerprint density at radius 2 is 2.67 bits per heavy atom. The van der Waals surface area contributed by atoms with Crippen molar-refractivity contribution in [2.75, 3.05) is 0 Å². The van der Waals surface area contributed by atoms with Gasteiger partial charge in [0, 0.05) is 17.3 Å². The average Bonchev–Trinajstić information content (AvgIpc) is 2.30. The highest BCUT2D eigenvalue weighted by molar-refractivity contribution is 4.99. The van der Waals surface area contributed by atoms with Crippen LogP contribution in [0.2, 0.25) is 0 Å². The normalized spacial score (nSPS) is 17.0. The highest BCUT2D eigenvalue weighted by atomic mass is 19.3. The minimum atomic E-state index is -2.73. The fourth-order valence-electron chi connectivity index (χ4n) is 0.454. The van der Waals surface area contributed by atoms with Crippen LogP contribution in [0.15, 0.2) is 12.3 Å². The van der Waals surface area contributed by atoms with Crippen LogP contribution in [0.25, 0.3) is 0 Å². The Morgan fingerprint density at radius 1 is 1.89 bits per heavy atom. The van der Waals surface area contributed by atoms with E-state index in [4.69, 9.17) is 4.11 Å². The Hall–Kier alpha value is -0.930. The van der Waals surface area contributed by atoms with Crippen molar-refractivity contribution in [3.05, 3.63) is 18.0 Å². The third-order valence-electron chi connectivity index (χ3n) is 0.833. The van der Waals surface area contributed by atoms with E-state index in [0.717, 1.165) is 12.3 Å². The third kappa shape index (κ3) is 1.25. The predicted octanol–water partition coefficient (Wildman–Crippen LogP) is 1.36. The first kappa shape index (κ1) is 3.29. The maximum Gasteiger partial charge on any atom is 0.282 e. The van der Waals surface area contributed by atoms with Crippen LogP contribution in [-0.2, 0) is 6.98 Å². The van der Waals surface area contributed by atoms with Crippen molar-refractivity contribution < 1.29 is 12.9 Å². The summed E-state index contributed by atoms with van der Waals surface area (Å²) in [4.78, 5) is 0. The van der Waals surface area contributed by atoms with Crippen molar-refractivity contribution in [2.45, 2.75) is 6.43 Å². The number of rotatable bonds is 1. The summed E-state index contributed by atoms with van der Waals surface area (Å²) >= 11 is 0. The molecule has 4 heteroatoms. The Morgan fingerprint density at radius 3 is 3.00 bits per heavy atom. The fraction of sp³-hybridized carbons (Fsp3) is 0.400. The minimum Gasteiger partial charge on any atom is -0.275 e. The number of hydrogen-bond acceptors (Lipinski definition) is 1. The topological polar surface area (TPSA) is 17.8 Å². The summed E-state index contributed by atoms with van der Waals surface area (Å²) in [5.41, 5.74) is -0.522. The summed E-state index contributed by atoms with van der Waals surface area (Å²) in [6, 6.07) is 0.983. The molecule has 0 amide bonds. The summed E-state index contributed by atoms with van der Waals surface area (Å²) in [6.45, 7) is -2.48. The molecular weight excluding hydrogens is 126 g/mol. The maximum atomic E-state index is 11.9. The van der Waals surface area contributed by atoms with E-state index in [2.05, 4.69) is 5.10 Å². The number of alkyl halides is 2. The predicted molar refractivity (Wildman–Crippen MR) is 28.2 cm³/mol. The fourth-order valence-corrected chi connectivity index (χ4v) is 0.454. The van der Waals surface area contributed by atoms with Crippen LogP contribution in [0.1, 0.15) is 16.2 Å². The molecular formula is C5H6F2N2. The molecule has 0 saturated heterocycles. The van der Waals surface area contributed by atoms with Gasteiger partial charge in [-0.1, -0.05) is 0 Å². The molecule has 0 radical (unpaired) electrons. The van der Waals surface area contributed by atoms with Crippen LogP contribution in [-0.4, -0.2) is 9.78 Å². The lowest BCUT2D eigenvalue weighted by atomic mass is 10.5. The van der Waals surface area contributed by atoms with Crippen molar-refractivity contribution in [3.63, 3.8) is 0 Å². The second-order valence-corrected chi connectivity index (χ2v) is 1.49. The smallest absolute Gasteiger partial charge is 0.275 e. The average molecular weight is 135 g/mol. The van der Waals surface area contributed by atoms with Gasteiger partial charge in [0.1, 0.15) is 5.69 Å². The molecule has 9 heavy (non-hydrogen) atoms. The van der Waals surface area contributed by atoms with Crippen LogP contribution in [0.4, 0.5) is 8.78 Å². The highest BCUT2D eigenvalue weighted by Crippen LogP contribution is 2.14. The van der Waals surface area contributed by atoms with E-state index in [1.807, 2.05) is 0 Å². The number of aryl methyl sites for hydroxylation is 1. The van der Waals surface area contributed by atoms with Crippen LogP contribution < -0.4 is 0 Å². The van der Waals surface area contributed by atoms with Gasteiger partial charge in [0.15, 0.2) is 0 Å². The lowest BCUT2D eigenvalue weighted by Gasteiger charge is -1.88. The van der Waals surface area contributed by atoms with Crippen LogP contribution in [0, 0.1) is 0 Å². The quantitative estimate of drug-likeness (QED) is 0.568. The van der Waals surface area contributed by atoms with Crippen LogP contribution in [0.3, 0.4) is 0 Å². The van der Waals surface area contributed by atoms with E-state index in [1.54, 1.807) is 0 Å². The molecule has 1 rings (SSSR count). The van der Waals surface area contributed by atoms with Gasteiger partial charge in [-0.15, -0.1) is 0 Å². The molecule has 50 valence electrons. The molecule has 0 aliphatic heterocycles. The summed E-state index contributed by atoms with van der Waals surface area (Å²) in [6.07, 6.45) is -1.72. The third-order valence-corrected chi connectivity index (χ3v) is 0.833. The number of hydrogen-bond donors (Lipinski definition) is 0. The largest absolute Gasteiger partial charge is 0.282 e. The van der Waals surface area contributed by atoms with Gasteiger partial charge in [-0.05, 0) is 6.07 Å². The van der Waals surface area contributed by atoms with Gasteiger partial charge in [-0.3, -0.25) is 4.68 Å². The summed E-state index contributed by atoms with van der Waals surface area (Å²) in [7, 11) is 0. The van der Waals surface area contributed by atoms with E-state index in [-0.39, 0.29) is 0 Å². The minimum absolute atomic E-state index is 0.522. The van der Waals surface area contributed by atoms with E-state index in [1.165, 1.54) is 0 Å². The van der Waals surface area contributed by atoms with E-state index in [0.29, 0.717) is 4.68 Å². The molecule has 0 aliphatic rings. The summed E-state index contributed by atoms with van der Waals surface area (Å²) in [5, 5.41) is 3.19. The van der Waals surface area contributed by atoms with Crippen molar-refractivity contribution in [2.24, 2.45) is 6.98 Å². The zero-order chi connectivity index (χ0) is 9.35. The van der Waals surface area contributed by atoms with E-state index in [9.17, 15) is 8.78 Å². The van der Waals surface area contributed by atoms with Crippen molar-refractivity contribution in [1.82, 2.24) is 9.78 Å². The second kappa shape index (κ2) is 2.13. The molecule has 0 aliphatic carbocycles. The Labute approximate surface area is 55.3 Å². The second-order valence-electron chi connectivity index (χ2n) is 1.49. The molecule has 1 aromatic heterocycles. The van der Waals surface area contributed by atoms with Gasteiger partial charge in [-0.2, -0.15) is 5.10 Å². The Kier molecular flexibility index (Phi) is 0.777. The molecule has 0 N–H and O–H groups in total. The molecule has 0 atom stereocenters. The Balaban J connectivity index is 2.92. The molecule has 2 nitrogen and oxygen atoms in total. The SMILES string of the molecule is [2H]C([2H])([2H])n1ccc(C(F)F)n1. The molecule has 0 aromatic carbocycles. The number of halogens is 2. The maximum absolute atomic E-state index is 11.9. The number of nitrogens with zero attached hydrogens (tertiary/aromatic N) is 2. The number of aromatic nitrogens is 2. The first-order chi connectivity index (χ1) is 5.41. The lowest BCUT2D eigenvalue weighted by molar-refractivity contribution is 0.145. The first-order valence-electron chi connectivity index (χ1n) is 3.75. The highest BCUT2D eigenvalue weighted by Gasteiger charge is 2.08. The molecule has 0 bridgehead atoms. The Bertz CT molecular complexity index is 268. The zero-order valence-corrected chi connectivity index (χ0v) is 4.38. The van der Waals surface area contributed by atoms with Gasteiger partial charge in [0.2, 0.25) is 0 Å². The van der Waals surface area contributed by atoms with Gasteiger partial charge >= 0.3 is 0 Å². The van der Waals surface area contributed by atoms with Gasteiger partial charge < -0.3 is 0 Å². The molecule has 0 saturated carbocycles. The van der Waals surface area contributed by atoms with Crippen molar-refractivity contribution in [3.8, 4) is 0 Å². The van der Waals surface area contributed by atoms with Gasteiger partial charge in [0.25, 0.3) is 6.43 Å². The van der Waals surface area contributed by atoms with E-state index < -0.39 is 19.1 Å². The lowest BCUT2D eigenvalue weighted by Crippen LogP contribution is -1.90. The van der Waals surface area contributed by atoms with Gasteiger partial charge in [0.05, 0.1) is 0 Å². The van der Waals surface area contributed by atoms with Gasteiger partial charge in [-0.25, -0.2) is 8.78 Å². The monoisotopic (exact) mass is 135 g/mol.